The van der Waals surface area contributed by atoms with E-state index in [0.717, 1.165) is 6.54 Å². The van der Waals surface area contributed by atoms with Crippen molar-refractivity contribution in [1.82, 2.24) is 5.32 Å². The third-order valence-corrected chi connectivity index (χ3v) is 2.91. The highest BCUT2D eigenvalue weighted by molar-refractivity contribution is 6.31. The van der Waals surface area contributed by atoms with Crippen LogP contribution in [0.15, 0.2) is 18.2 Å². The van der Waals surface area contributed by atoms with Crippen molar-refractivity contribution in [3.8, 4) is 0 Å². The molecule has 1 aliphatic rings. The maximum Gasteiger partial charge on any atom is 0.227 e. The van der Waals surface area contributed by atoms with Crippen molar-refractivity contribution >= 4 is 35.6 Å². The second-order valence-corrected chi connectivity index (χ2v) is 4.49. The lowest BCUT2D eigenvalue weighted by molar-refractivity contribution is -0.119. The van der Waals surface area contributed by atoms with Crippen molar-refractivity contribution in [3.05, 3.63) is 29.0 Å². The number of nitrogens with one attached hydrogen (secondary N) is 2. The quantitative estimate of drug-likeness (QED) is 0.900. The average molecular weight is 309 g/mol. The Hall–Kier alpha value is -0.880. The molecule has 0 aliphatic carbocycles. The number of morpholine rings is 1. The molecule has 1 atom stereocenters. The largest absolute Gasteiger partial charge is 0.375 e. The van der Waals surface area contributed by atoms with Crippen molar-refractivity contribution in [2.45, 2.75) is 12.5 Å². The minimum atomic E-state index is -0.505. The molecule has 106 valence electrons. The molecular formula is C12H15Cl2FN2O2. The summed E-state index contributed by atoms with van der Waals surface area (Å²) in [6.45, 7) is 2.09. The lowest BCUT2D eigenvalue weighted by Crippen LogP contribution is -2.40. The van der Waals surface area contributed by atoms with Gasteiger partial charge in [-0.15, -0.1) is 12.4 Å². The molecule has 2 rings (SSSR count). The molecule has 0 spiro atoms. The molecule has 1 aliphatic heterocycles. The van der Waals surface area contributed by atoms with Crippen LogP contribution in [0.2, 0.25) is 5.02 Å². The van der Waals surface area contributed by atoms with Gasteiger partial charge in [0.1, 0.15) is 5.82 Å². The van der Waals surface area contributed by atoms with E-state index >= 15 is 0 Å². The summed E-state index contributed by atoms with van der Waals surface area (Å²) >= 11 is 5.63. The highest BCUT2D eigenvalue weighted by atomic mass is 35.5. The number of benzene rings is 1. The van der Waals surface area contributed by atoms with E-state index < -0.39 is 5.82 Å². The van der Waals surface area contributed by atoms with Gasteiger partial charge >= 0.3 is 0 Å². The van der Waals surface area contributed by atoms with Crippen molar-refractivity contribution in [3.63, 3.8) is 0 Å². The van der Waals surface area contributed by atoms with Crippen molar-refractivity contribution in [1.29, 1.82) is 0 Å². The number of amides is 1. The molecule has 1 saturated heterocycles. The minimum Gasteiger partial charge on any atom is -0.375 e. The fourth-order valence-electron chi connectivity index (χ4n) is 1.74. The summed E-state index contributed by atoms with van der Waals surface area (Å²) in [4.78, 5) is 11.7. The van der Waals surface area contributed by atoms with Crippen LogP contribution in [0.4, 0.5) is 10.1 Å². The van der Waals surface area contributed by atoms with E-state index in [1.54, 1.807) is 0 Å². The van der Waals surface area contributed by atoms with Gasteiger partial charge in [0.05, 0.1) is 24.2 Å². The molecule has 1 fully saturated rings. The van der Waals surface area contributed by atoms with Crippen LogP contribution >= 0.6 is 24.0 Å². The molecule has 2 N–H and O–H groups in total. The second kappa shape index (κ2) is 7.65. The monoisotopic (exact) mass is 308 g/mol. The number of halogens is 3. The highest BCUT2D eigenvalue weighted by Crippen LogP contribution is 2.19. The molecule has 0 radical (unpaired) electrons. The summed E-state index contributed by atoms with van der Waals surface area (Å²) in [5.74, 6) is -0.680. The molecule has 0 bridgehead atoms. The van der Waals surface area contributed by atoms with Crippen LogP contribution in [-0.2, 0) is 9.53 Å². The average Bonchev–Trinajstić information content (AvgIpc) is 2.35. The summed E-state index contributed by atoms with van der Waals surface area (Å²) in [6.07, 6.45) is 0.150. The zero-order valence-corrected chi connectivity index (χ0v) is 11.7. The van der Waals surface area contributed by atoms with E-state index in [9.17, 15) is 9.18 Å². The third kappa shape index (κ3) is 4.95. The normalized spacial score (nSPS) is 18.5. The van der Waals surface area contributed by atoms with E-state index in [2.05, 4.69) is 10.6 Å². The molecule has 7 heteroatoms. The van der Waals surface area contributed by atoms with Gasteiger partial charge in [-0.05, 0) is 18.2 Å². The summed E-state index contributed by atoms with van der Waals surface area (Å²) in [6, 6.07) is 4.07. The summed E-state index contributed by atoms with van der Waals surface area (Å²) in [5.41, 5.74) is 0.482. The predicted octanol–water partition coefficient (Wildman–Crippen LogP) is 2.22. The van der Waals surface area contributed by atoms with E-state index in [1.165, 1.54) is 18.2 Å². The zero-order chi connectivity index (χ0) is 13.0. The van der Waals surface area contributed by atoms with Gasteiger partial charge in [-0.25, -0.2) is 4.39 Å². The number of hydrogen-bond donors (Lipinski definition) is 2. The van der Waals surface area contributed by atoms with E-state index in [4.69, 9.17) is 16.3 Å². The maximum absolute atomic E-state index is 12.9. The number of carbonyl (C=O) groups is 1. The Balaban J connectivity index is 0.00000180. The smallest absolute Gasteiger partial charge is 0.227 e. The van der Waals surface area contributed by atoms with Crippen LogP contribution in [0, 0.1) is 5.82 Å². The molecule has 4 nitrogen and oxygen atoms in total. The van der Waals surface area contributed by atoms with Gasteiger partial charge < -0.3 is 15.4 Å². The zero-order valence-electron chi connectivity index (χ0n) is 10.1. The Labute approximate surface area is 122 Å². The van der Waals surface area contributed by atoms with Crippen molar-refractivity contribution in [2.24, 2.45) is 0 Å². The van der Waals surface area contributed by atoms with Crippen LogP contribution in [-0.4, -0.2) is 31.7 Å². The molecule has 1 aromatic carbocycles. The van der Waals surface area contributed by atoms with Crippen molar-refractivity contribution in [2.75, 3.05) is 25.0 Å². The van der Waals surface area contributed by atoms with Crippen LogP contribution in [0.3, 0.4) is 0 Å². The summed E-state index contributed by atoms with van der Waals surface area (Å²) in [5, 5.41) is 5.79. The molecule has 0 saturated carbocycles. The van der Waals surface area contributed by atoms with Gasteiger partial charge in [-0.1, -0.05) is 11.6 Å². The molecule has 0 aromatic heterocycles. The second-order valence-electron chi connectivity index (χ2n) is 4.08. The number of ether oxygens (including phenoxy) is 1. The number of rotatable bonds is 3. The molecule has 1 heterocycles. The molecule has 1 unspecified atom stereocenters. The van der Waals surface area contributed by atoms with Crippen molar-refractivity contribution < 1.29 is 13.9 Å². The Bertz CT molecular complexity index is 440. The topological polar surface area (TPSA) is 50.4 Å². The first-order valence-corrected chi connectivity index (χ1v) is 6.10. The van der Waals surface area contributed by atoms with Crippen LogP contribution < -0.4 is 10.6 Å². The van der Waals surface area contributed by atoms with E-state index in [-0.39, 0.29) is 35.9 Å². The lowest BCUT2D eigenvalue weighted by Gasteiger charge is -2.23. The van der Waals surface area contributed by atoms with Gasteiger partial charge in [0.25, 0.3) is 0 Å². The first kappa shape index (κ1) is 16.2. The summed E-state index contributed by atoms with van der Waals surface area (Å²) < 4.78 is 18.4. The SMILES string of the molecule is Cl.O=C(CC1CNCCO1)Nc1ccc(F)c(Cl)c1. The maximum atomic E-state index is 12.9. The van der Waals surface area contributed by atoms with Crippen LogP contribution in [0.25, 0.3) is 0 Å². The van der Waals surface area contributed by atoms with Gasteiger partial charge in [-0.3, -0.25) is 4.79 Å². The fourth-order valence-corrected chi connectivity index (χ4v) is 1.92. The highest BCUT2D eigenvalue weighted by Gasteiger charge is 2.17. The van der Waals surface area contributed by atoms with E-state index in [0.29, 0.717) is 18.8 Å². The number of carbonyl (C=O) groups excluding carboxylic acids is 1. The lowest BCUT2D eigenvalue weighted by atomic mass is 10.2. The third-order valence-electron chi connectivity index (χ3n) is 2.62. The predicted molar refractivity (Wildman–Crippen MR) is 74.5 cm³/mol. The van der Waals surface area contributed by atoms with Gasteiger partial charge in [0, 0.05) is 18.8 Å². The van der Waals surface area contributed by atoms with Gasteiger partial charge in [0.2, 0.25) is 5.91 Å². The first-order chi connectivity index (χ1) is 8.65. The van der Waals surface area contributed by atoms with Gasteiger partial charge in [-0.2, -0.15) is 0 Å². The standard InChI is InChI=1S/C12H14ClFN2O2.ClH/c13-10-5-8(1-2-11(10)14)16-12(17)6-9-7-15-3-4-18-9;/h1-2,5,9,15H,3-4,6-7H2,(H,16,17);1H. The van der Waals surface area contributed by atoms with E-state index in [1.807, 2.05) is 0 Å². The fraction of sp³-hybridized carbons (Fsp3) is 0.417. The van der Waals surface area contributed by atoms with Crippen LogP contribution in [0.5, 0.6) is 0 Å². The Morgan fingerprint density at radius 1 is 1.58 bits per heavy atom. The number of anilines is 1. The Kier molecular flexibility index (Phi) is 6.51. The summed E-state index contributed by atoms with van der Waals surface area (Å²) in [7, 11) is 0. The molecule has 19 heavy (non-hydrogen) atoms. The number of hydrogen-bond acceptors (Lipinski definition) is 3. The Morgan fingerprint density at radius 3 is 3.00 bits per heavy atom. The Morgan fingerprint density at radius 2 is 2.37 bits per heavy atom. The molecular weight excluding hydrogens is 294 g/mol. The van der Waals surface area contributed by atoms with Crippen LogP contribution in [0.1, 0.15) is 6.42 Å². The first-order valence-electron chi connectivity index (χ1n) is 5.72. The molecule has 1 aromatic rings. The van der Waals surface area contributed by atoms with Gasteiger partial charge in [0.15, 0.2) is 0 Å². The molecule has 1 amide bonds. The minimum absolute atomic E-state index is 0.